The number of anilines is 2. The average Bonchev–Trinajstić information content (AvgIpc) is 2.68. The van der Waals surface area contributed by atoms with E-state index in [1.165, 1.54) is 6.08 Å². The SMILES string of the molecule is C=CC(=O)N1CCN(c2cccc(NC(=O)c3ncccc3C)c2)CC1. The molecule has 2 aromatic rings. The first kappa shape index (κ1) is 17.7. The second kappa shape index (κ2) is 7.82. The highest BCUT2D eigenvalue weighted by atomic mass is 16.2. The fraction of sp³-hybridized carbons (Fsp3) is 0.250. The third kappa shape index (κ3) is 3.91. The van der Waals surface area contributed by atoms with Gasteiger partial charge in [0.1, 0.15) is 5.69 Å². The minimum atomic E-state index is -0.221. The number of hydrogen-bond donors (Lipinski definition) is 1. The lowest BCUT2D eigenvalue weighted by atomic mass is 10.2. The van der Waals surface area contributed by atoms with E-state index in [2.05, 4.69) is 21.8 Å². The molecule has 0 radical (unpaired) electrons. The lowest BCUT2D eigenvalue weighted by molar-refractivity contribution is -0.126. The first-order valence-electron chi connectivity index (χ1n) is 8.58. The van der Waals surface area contributed by atoms with Crippen molar-refractivity contribution in [3.8, 4) is 0 Å². The number of nitrogens with one attached hydrogen (secondary N) is 1. The van der Waals surface area contributed by atoms with Gasteiger partial charge in [-0.15, -0.1) is 0 Å². The molecule has 2 amide bonds. The van der Waals surface area contributed by atoms with Crippen LogP contribution in [0.3, 0.4) is 0 Å². The third-order valence-corrected chi connectivity index (χ3v) is 4.46. The molecule has 1 aromatic heterocycles. The van der Waals surface area contributed by atoms with Gasteiger partial charge in [0.05, 0.1) is 0 Å². The molecule has 6 nitrogen and oxygen atoms in total. The summed E-state index contributed by atoms with van der Waals surface area (Å²) < 4.78 is 0. The number of aromatic nitrogens is 1. The first-order valence-corrected chi connectivity index (χ1v) is 8.58. The summed E-state index contributed by atoms with van der Waals surface area (Å²) in [6.07, 6.45) is 2.97. The molecule has 1 saturated heterocycles. The van der Waals surface area contributed by atoms with Gasteiger partial charge in [0.15, 0.2) is 0 Å². The summed E-state index contributed by atoms with van der Waals surface area (Å²) in [6.45, 7) is 8.21. The van der Waals surface area contributed by atoms with Crippen LogP contribution in [0, 0.1) is 6.92 Å². The molecule has 26 heavy (non-hydrogen) atoms. The predicted octanol–water partition coefficient (Wildman–Crippen LogP) is 2.48. The second-order valence-electron chi connectivity index (χ2n) is 6.19. The molecule has 0 aliphatic carbocycles. The van der Waals surface area contributed by atoms with E-state index < -0.39 is 0 Å². The Labute approximate surface area is 153 Å². The van der Waals surface area contributed by atoms with E-state index in [9.17, 15) is 9.59 Å². The smallest absolute Gasteiger partial charge is 0.274 e. The molecule has 1 aliphatic heterocycles. The Morgan fingerprint density at radius 1 is 1.15 bits per heavy atom. The maximum atomic E-state index is 12.4. The van der Waals surface area contributed by atoms with Crippen LogP contribution in [0.5, 0.6) is 0 Å². The molecule has 6 heteroatoms. The summed E-state index contributed by atoms with van der Waals surface area (Å²) in [5, 5.41) is 2.91. The van der Waals surface area contributed by atoms with Gasteiger partial charge in [-0.2, -0.15) is 0 Å². The van der Waals surface area contributed by atoms with Crippen molar-refractivity contribution in [3.63, 3.8) is 0 Å². The van der Waals surface area contributed by atoms with Gasteiger partial charge in [0, 0.05) is 43.8 Å². The Hall–Kier alpha value is -3.15. The normalized spacial score (nSPS) is 14.0. The van der Waals surface area contributed by atoms with Crippen LogP contribution in [-0.2, 0) is 4.79 Å². The molecule has 0 unspecified atom stereocenters. The number of benzene rings is 1. The molecule has 134 valence electrons. The molecular formula is C20H22N4O2. The first-order chi connectivity index (χ1) is 12.6. The van der Waals surface area contributed by atoms with Crippen molar-refractivity contribution in [2.45, 2.75) is 6.92 Å². The molecular weight excluding hydrogens is 328 g/mol. The van der Waals surface area contributed by atoms with Gasteiger partial charge in [-0.05, 0) is 42.8 Å². The van der Waals surface area contributed by atoms with Crippen molar-refractivity contribution in [2.24, 2.45) is 0 Å². The summed E-state index contributed by atoms with van der Waals surface area (Å²) in [6, 6.07) is 11.4. The van der Waals surface area contributed by atoms with Crippen molar-refractivity contribution < 1.29 is 9.59 Å². The second-order valence-corrected chi connectivity index (χ2v) is 6.19. The fourth-order valence-corrected chi connectivity index (χ4v) is 3.01. The van der Waals surface area contributed by atoms with Crippen molar-refractivity contribution in [2.75, 3.05) is 36.4 Å². The summed E-state index contributed by atoms with van der Waals surface area (Å²) in [5.74, 6) is -0.252. The molecule has 0 atom stereocenters. The Morgan fingerprint density at radius 3 is 2.62 bits per heavy atom. The van der Waals surface area contributed by atoms with Crippen LogP contribution < -0.4 is 10.2 Å². The highest BCUT2D eigenvalue weighted by molar-refractivity contribution is 6.04. The molecule has 1 aliphatic rings. The lowest BCUT2D eigenvalue weighted by Gasteiger charge is -2.35. The summed E-state index contributed by atoms with van der Waals surface area (Å²) >= 11 is 0. The Kier molecular flexibility index (Phi) is 5.31. The van der Waals surface area contributed by atoms with Gasteiger partial charge >= 0.3 is 0 Å². The zero-order valence-electron chi connectivity index (χ0n) is 14.8. The quantitative estimate of drug-likeness (QED) is 0.861. The number of pyridine rings is 1. The highest BCUT2D eigenvalue weighted by Crippen LogP contribution is 2.21. The molecule has 2 heterocycles. The zero-order chi connectivity index (χ0) is 18.5. The van der Waals surface area contributed by atoms with Gasteiger partial charge < -0.3 is 15.1 Å². The maximum absolute atomic E-state index is 12.4. The minimum Gasteiger partial charge on any atom is -0.368 e. The largest absolute Gasteiger partial charge is 0.368 e. The molecule has 1 N–H and O–H groups in total. The fourth-order valence-electron chi connectivity index (χ4n) is 3.01. The number of carbonyl (C=O) groups excluding carboxylic acids is 2. The van der Waals surface area contributed by atoms with Crippen LogP contribution in [-0.4, -0.2) is 47.9 Å². The van der Waals surface area contributed by atoms with Crippen molar-refractivity contribution in [1.29, 1.82) is 0 Å². The highest BCUT2D eigenvalue weighted by Gasteiger charge is 2.20. The number of carbonyl (C=O) groups is 2. The lowest BCUT2D eigenvalue weighted by Crippen LogP contribution is -2.48. The number of nitrogens with zero attached hydrogens (tertiary/aromatic N) is 3. The van der Waals surface area contributed by atoms with Crippen molar-refractivity contribution in [3.05, 3.63) is 66.5 Å². The van der Waals surface area contributed by atoms with Crippen LogP contribution in [0.2, 0.25) is 0 Å². The van der Waals surface area contributed by atoms with E-state index in [1.807, 2.05) is 43.3 Å². The molecule has 0 spiro atoms. The average molecular weight is 350 g/mol. The molecule has 1 fully saturated rings. The standard InChI is InChI=1S/C20H22N4O2/c1-3-18(25)24-12-10-23(11-13-24)17-8-4-7-16(14-17)22-20(26)19-15(2)6-5-9-21-19/h3-9,14H,1,10-13H2,2H3,(H,22,26). The van der Waals surface area contributed by atoms with Gasteiger partial charge in [0.2, 0.25) is 5.91 Å². The molecule has 0 bridgehead atoms. The number of hydrogen-bond acceptors (Lipinski definition) is 4. The van der Waals surface area contributed by atoms with Crippen LogP contribution >= 0.6 is 0 Å². The monoisotopic (exact) mass is 350 g/mol. The summed E-state index contributed by atoms with van der Waals surface area (Å²) in [4.78, 5) is 32.3. The summed E-state index contributed by atoms with van der Waals surface area (Å²) in [7, 11) is 0. The zero-order valence-corrected chi connectivity index (χ0v) is 14.8. The van der Waals surface area contributed by atoms with Gasteiger partial charge in [-0.1, -0.05) is 18.7 Å². The van der Waals surface area contributed by atoms with E-state index in [4.69, 9.17) is 0 Å². The number of aryl methyl sites for hydroxylation is 1. The molecule has 3 rings (SSSR count). The van der Waals surface area contributed by atoms with Gasteiger partial charge in [0.25, 0.3) is 5.91 Å². The third-order valence-electron chi connectivity index (χ3n) is 4.46. The number of rotatable bonds is 4. The van der Waals surface area contributed by atoms with Crippen LogP contribution in [0.1, 0.15) is 16.1 Å². The van der Waals surface area contributed by atoms with Crippen molar-refractivity contribution in [1.82, 2.24) is 9.88 Å². The Morgan fingerprint density at radius 2 is 1.92 bits per heavy atom. The van der Waals surface area contributed by atoms with E-state index in [0.717, 1.165) is 30.0 Å². The summed E-state index contributed by atoms with van der Waals surface area (Å²) in [5.41, 5.74) is 3.01. The minimum absolute atomic E-state index is 0.0311. The van der Waals surface area contributed by atoms with Gasteiger partial charge in [-0.25, -0.2) is 0 Å². The number of piperazine rings is 1. The molecule has 0 saturated carbocycles. The van der Waals surface area contributed by atoms with E-state index >= 15 is 0 Å². The van der Waals surface area contributed by atoms with E-state index in [0.29, 0.717) is 18.8 Å². The van der Waals surface area contributed by atoms with Crippen LogP contribution in [0.4, 0.5) is 11.4 Å². The van der Waals surface area contributed by atoms with Gasteiger partial charge in [-0.3, -0.25) is 14.6 Å². The van der Waals surface area contributed by atoms with Crippen LogP contribution in [0.15, 0.2) is 55.3 Å². The topological polar surface area (TPSA) is 65.5 Å². The van der Waals surface area contributed by atoms with Crippen molar-refractivity contribution >= 4 is 23.2 Å². The van der Waals surface area contributed by atoms with Crippen LogP contribution in [0.25, 0.3) is 0 Å². The van der Waals surface area contributed by atoms with E-state index in [1.54, 1.807) is 11.1 Å². The van der Waals surface area contributed by atoms with E-state index in [-0.39, 0.29) is 11.8 Å². The number of amides is 2. The maximum Gasteiger partial charge on any atom is 0.274 e. The Balaban J connectivity index is 1.67. The Bertz CT molecular complexity index is 826. The predicted molar refractivity (Wildman–Crippen MR) is 102 cm³/mol. The molecule has 1 aromatic carbocycles.